The van der Waals surface area contributed by atoms with Crippen LogP contribution in [0, 0.1) is 5.92 Å². The maximum absolute atomic E-state index is 12.2. The van der Waals surface area contributed by atoms with Crippen molar-refractivity contribution in [3.63, 3.8) is 0 Å². The molecule has 0 atom stereocenters. The molecule has 0 heterocycles. The van der Waals surface area contributed by atoms with Gasteiger partial charge in [-0.2, -0.15) is 0 Å². The lowest BCUT2D eigenvalue weighted by Crippen LogP contribution is -2.43. The molecule has 2 N–H and O–H groups in total. The van der Waals surface area contributed by atoms with Gasteiger partial charge < -0.3 is 9.47 Å². The molecule has 132 valence electrons. The molecule has 0 aliphatic carbocycles. The van der Waals surface area contributed by atoms with Gasteiger partial charge in [-0.15, -0.1) is 0 Å². The van der Waals surface area contributed by atoms with Gasteiger partial charge in [0.25, 0.3) is 5.91 Å². The Hall–Kier alpha value is -3.02. The standard InChI is InChI=1S/C19H22N2O4/c1-14(2)18(22)20-21-19(23)16-10-6-7-11-17(16)25-13-12-24-15-8-4-3-5-9-15/h3-11,14H,12-13H2,1-2H3,(H,20,22)(H,21,23). The maximum Gasteiger partial charge on any atom is 0.273 e. The minimum absolute atomic E-state index is 0.220. The average molecular weight is 342 g/mol. The third kappa shape index (κ3) is 5.84. The topological polar surface area (TPSA) is 76.7 Å². The van der Waals surface area contributed by atoms with Crippen LogP contribution in [0.2, 0.25) is 0 Å². The second-order valence-electron chi connectivity index (χ2n) is 5.60. The first-order valence-electron chi connectivity index (χ1n) is 8.08. The molecule has 25 heavy (non-hydrogen) atoms. The molecule has 2 rings (SSSR count). The molecular formula is C19H22N2O4. The lowest BCUT2D eigenvalue weighted by atomic mass is 10.2. The van der Waals surface area contributed by atoms with Crippen molar-refractivity contribution in [3.8, 4) is 11.5 Å². The Morgan fingerprint density at radius 3 is 2.24 bits per heavy atom. The SMILES string of the molecule is CC(C)C(=O)NNC(=O)c1ccccc1OCCOc1ccccc1. The van der Waals surface area contributed by atoms with Crippen molar-refractivity contribution in [1.82, 2.24) is 10.9 Å². The van der Waals surface area contributed by atoms with E-state index in [0.717, 1.165) is 5.75 Å². The highest BCUT2D eigenvalue weighted by Gasteiger charge is 2.14. The molecule has 0 unspecified atom stereocenters. The number of para-hydroxylation sites is 2. The molecule has 0 fully saturated rings. The number of amides is 2. The molecule has 2 amide bonds. The van der Waals surface area contributed by atoms with Gasteiger partial charge >= 0.3 is 0 Å². The van der Waals surface area contributed by atoms with Crippen LogP contribution in [0.1, 0.15) is 24.2 Å². The summed E-state index contributed by atoms with van der Waals surface area (Å²) in [6, 6.07) is 16.2. The quantitative estimate of drug-likeness (QED) is 0.599. The Kier molecular flexibility index (Phi) is 6.83. The van der Waals surface area contributed by atoms with Crippen LogP contribution >= 0.6 is 0 Å². The molecule has 6 heteroatoms. The van der Waals surface area contributed by atoms with Crippen LogP contribution in [0.25, 0.3) is 0 Å². The number of ether oxygens (including phenoxy) is 2. The molecule has 0 saturated carbocycles. The van der Waals surface area contributed by atoms with Crippen molar-refractivity contribution < 1.29 is 19.1 Å². The van der Waals surface area contributed by atoms with Crippen LogP contribution < -0.4 is 20.3 Å². The Bertz CT molecular complexity index is 702. The first-order chi connectivity index (χ1) is 12.1. The van der Waals surface area contributed by atoms with E-state index in [1.807, 2.05) is 30.3 Å². The smallest absolute Gasteiger partial charge is 0.273 e. The van der Waals surface area contributed by atoms with E-state index in [4.69, 9.17) is 9.47 Å². The summed E-state index contributed by atoms with van der Waals surface area (Å²) in [5, 5.41) is 0. The zero-order valence-corrected chi connectivity index (χ0v) is 14.3. The summed E-state index contributed by atoms with van der Waals surface area (Å²) >= 11 is 0. The summed E-state index contributed by atoms with van der Waals surface area (Å²) in [5.74, 6) is 0.266. The van der Waals surface area contributed by atoms with E-state index in [0.29, 0.717) is 17.9 Å². The fraction of sp³-hybridized carbons (Fsp3) is 0.263. The first-order valence-corrected chi connectivity index (χ1v) is 8.08. The minimum atomic E-state index is -0.437. The number of hydrazine groups is 1. The van der Waals surface area contributed by atoms with Crippen molar-refractivity contribution in [2.24, 2.45) is 5.92 Å². The molecule has 0 aromatic heterocycles. The molecule has 0 saturated heterocycles. The van der Waals surface area contributed by atoms with E-state index >= 15 is 0 Å². The number of nitrogens with one attached hydrogen (secondary N) is 2. The molecule has 0 spiro atoms. The van der Waals surface area contributed by atoms with E-state index in [-0.39, 0.29) is 18.4 Å². The van der Waals surface area contributed by atoms with Crippen LogP contribution in [-0.4, -0.2) is 25.0 Å². The van der Waals surface area contributed by atoms with E-state index in [9.17, 15) is 9.59 Å². The van der Waals surface area contributed by atoms with Crippen LogP contribution in [0.15, 0.2) is 54.6 Å². The lowest BCUT2D eigenvalue weighted by Gasteiger charge is -2.13. The Morgan fingerprint density at radius 1 is 0.880 bits per heavy atom. The highest BCUT2D eigenvalue weighted by Crippen LogP contribution is 2.17. The highest BCUT2D eigenvalue weighted by atomic mass is 16.5. The normalized spacial score (nSPS) is 10.2. The Balaban J connectivity index is 1.86. The molecule has 6 nitrogen and oxygen atoms in total. The minimum Gasteiger partial charge on any atom is -0.490 e. The predicted octanol–water partition coefficient (Wildman–Crippen LogP) is 2.56. The number of carbonyl (C=O) groups is 2. The van der Waals surface area contributed by atoms with Crippen LogP contribution in [0.4, 0.5) is 0 Å². The van der Waals surface area contributed by atoms with E-state index < -0.39 is 5.91 Å². The molecule has 0 aliphatic rings. The van der Waals surface area contributed by atoms with Gasteiger partial charge in [0.05, 0.1) is 5.56 Å². The van der Waals surface area contributed by atoms with Gasteiger partial charge in [-0.05, 0) is 24.3 Å². The van der Waals surface area contributed by atoms with Gasteiger partial charge in [0.15, 0.2) is 0 Å². The van der Waals surface area contributed by atoms with Crippen molar-refractivity contribution in [2.75, 3.05) is 13.2 Å². The van der Waals surface area contributed by atoms with E-state index in [1.165, 1.54) is 0 Å². The Labute approximate surface area is 147 Å². The predicted molar refractivity (Wildman–Crippen MR) is 94.3 cm³/mol. The van der Waals surface area contributed by atoms with Gasteiger partial charge in [0.1, 0.15) is 24.7 Å². The number of hydrogen-bond acceptors (Lipinski definition) is 4. The third-order valence-corrected chi connectivity index (χ3v) is 3.31. The summed E-state index contributed by atoms with van der Waals surface area (Å²) < 4.78 is 11.2. The second kappa shape index (κ2) is 9.32. The first kappa shape index (κ1) is 18.3. The van der Waals surface area contributed by atoms with Gasteiger partial charge in [-0.1, -0.05) is 44.2 Å². The summed E-state index contributed by atoms with van der Waals surface area (Å²) in [7, 11) is 0. The maximum atomic E-state index is 12.2. The van der Waals surface area contributed by atoms with Gasteiger partial charge in [0.2, 0.25) is 5.91 Å². The van der Waals surface area contributed by atoms with Crippen molar-refractivity contribution in [2.45, 2.75) is 13.8 Å². The van der Waals surface area contributed by atoms with Crippen LogP contribution in [-0.2, 0) is 4.79 Å². The molecule has 0 bridgehead atoms. The third-order valence-electron chi connectivity index (χ3n) is 3.31. The molecular weight excluding hydrogens is 320 g/mol. The largest absolute Gasteiger partial charge is 0.490 e. The average Bonchev–Trinajstić information content (AvgIpc) is 2.64. The van der Waals surface area contributed by atoms with Crippen LogP contribution in [0.3, 0.4) is 0 Å². The number of carbonyl (C=O) groups excluding carboxylic acids is 2. The lowest BCUT2D eigenvalue weighted by molar-refractivity contribution is -0.124. The Morgan fingerprint density at radius 2 is 1.52 bits per heavy atom. The monoisotopic (exact) mass is 342 g/mol. The molecule has 0 radical (unpaired) electrons. The number of rotatable bonds is 7. The van der Waals surface area contributed by atoms with Gasteiger partial charge in [0, 0.05) is 5.92 Å². The van der Waals surface area contributed by atoms with Crippen LogP contribution in [0.5, 0.6) is 11.5 Å². The highest BCUT2D eigenvalue weighted by molar-refractivity contribution is 5.97. The zero-order chi connectivity index (χ0) is 18.1. The number of hydrogen-bond donors (Lipinski definition) is 2. The van der Waals surface area contributed by atoms with E-state index in [1.54, 1.807) is 38.1 Å². The summed E-state index contributed by atoms with van der Waals surface area (Å²) in [6.45, 7) is 4.12. The fourth-order valence-electron chi connectivity index (χ4n) is 1.94. The summed E-state index contributed by atoms with van der Waals surface area (Å²) in [6.07, 6.45) is 0. The van der Waals surface area contributed by atoms with Crippen molar-refractivity contribution >= 4 is 11.8 Å². The second-order valence-corrected chi connectivity index (χ2v) is 5.60. The van der Waals surface area contributed by atoms with Gasteiger partial charge in [-0.25, -0.2) is 0 Å². The zero-order valence-electron chi connectivity index (χ0n) is 14.3. The number of benzene rings is 2. The van der Waals surface area contributed by atoms with Crippen molar-refractivity contribution in [3.05, 3.63) is 60.2 Å². The molecule has 2 aromatic rings. The van der Waals surface area contributed by atoms with E-state index in [2.05, 4.69) is 10.9 Å². The summed E-state index contributed by atoms with van der Waals surface area (Å²) in [4.78, 5) is 23.7. The fourth-order valence-corrected chi connectivity index (χ4v) is 1.94. The van der Waals surface area contributed by atoms with Crippen molar-refractivity contribution in [1.29, 1.82) is 0 Å². The summed E-state index contributed by atoms with van der Waals surface area (Å²) in [5.41, 5.74) is 5.10. The molecule has 0 aliphatic heterocycles. The molecule has 2 aromatic carbocycles. The van der Waals surface area contributed by atoms with Gasteiger partial charge in [-0.3, -0.25) is 20.4 Å².